The van der Waals surface area contributed by atoms with Crippen molar-refractivity contribution in [2.75, 3.05) is 27.3 Å². The van der Waals surface area contributed by atoms with E-state index in [0.717, 1.165) is 4.31 Å². The van der Waals surface area contributed by atoms with Crippen molar-refractivity contribution in [3.05, 3.63) is 18.2 Å². The molecule has 0 atom stereocenters. The number of carboxylic acid groups (broad SMARTS) is 1. The molecule has 1 aromatic rings. The number of hydrogen-bond donors (Lipinski definition) is 1. The number of carbonyl (C=O) groups is 1. The van der Waals surface area contributed by atoms with Crippen LogP contribution in [0.5, 0.6) is 11.5 Å². The van der Waals surface area contributed by atoms with Crippen molar-refractivity contribution in [3.8, 4) is 11.5 Å². The zero-order valence-corrected chi connectivity index (χ0v) is 13.0. The van der Waals surface area contributed by atoms with E-state index in [2.05, 4.69) is 0 Å². The van der Waals surface area contributed by atoms with Gasteiger partial charge in [0, 0.05) is 6.54 Å². The quantitative estimate of drug-likeness (QED) is 0.774. The van der Waals surface area contributed by atoms with Crippen LogP contribution in [0.25, 0.3) is 0 Å². The molecule has 0 aliphatic heterocycles. The molecule has 0 aliphatic rings. The second-order valence-corrected chi connectivity index (χ2v) is 6.10. The molecule has 0 fully saturated rings. The van der Waals surface area contributed by atoms with Gasteiger partial charge in [0.2, 0.25) is 0 Å². The Labute approximate surface area is 124 Å². The Bertz CT molecular complexity index is 576. The highest BCUT2D eigenvalue weighted by Gasteiger charge is 2.32. The standard InChI is InChI=1S/C13H19NO6S/c1-4-8-14(9-12(15)16)21(17,18)13-10(19-2)6-5-7-11(13)20-3/h5-7H,4,8-9H2,1-3H3,(H,15,16). The molecule has 0 spiro atoms. The molecule has 0 radical (unpaired) electrons. The van der Waals surface area contributed by atoms with E-state index in [1.807, 2.05) is 0 Å². The van der Waals surface area contributed by atoms with E-state index in [0.29, 0.717) is 6.42 Å². The zero-order chi connectivity index (χ0) is 16.0. The first-order valence-electron chi connectivity index (χ1n) is 6.31. The lowest BCUT2D eigenvalue weighted by atomic mass is 10.3. The Hall–Kier alpha value is -1.80. The fraction of sp³-hybridized carbons (Fsp3) is 0.462. The van der Waals surface area contributed by atoms with Gasteiger partial charge < -0.3 is 14.6 Å². The first-order valence-corrected chi connectivity index (χ1v) is 7.75. The average molecular weight is 317 g/mol. The molecule has 7 nitrogen and oxygen atoms in total. The molecule has 1 N–H and O–H groups in total. The van der Waals surface area contributed by atoms with E-state index in [4.69, 9.17) is 14.6 Å². The summed E-state index contributed by atoms with van der Waals surface area (Å²) in [6.07, 6.45) is 0.490. The van der Waals surface area contributed by atoms with Crippen molar-refractivity contribution >= 4 is 16.0 Å². The number of carboxylic acids is 1. The van der Waals surface area contributed by atoms with Crippen LogP contribution in [0, 0.1) is 0 Å². The number of hydrogen-bond acceptors (Lipinski definition) is 5. The number of nitrogens with zero attached hydrogens (tertiary/aromatic N) is 1. The van der Waals surface area contributed by atoms with Gasteiger partial charge in [-0.25, -0.2) is 8.42 Å². The maximum atomic E-state index is 12.7. The van der Waals surface area contributed by atoms with Crippen molar-refractivity contribution in [2.45, 2.75) is 18.2 Å². The molecule has 1 rings (SSSR count). The summed E-state index contributed by atoms with van der Waals surface area (Å²) in [5, 5.41) is 8.91. The highest BCUT2D eigenvalue weighted by atomic mass is 32.2. The van der Waals surface area contributed by atoms with Crippen LogP contribution >= 0.6 is 0 Å². The third-order valence-corrected chi connectivity index (χ3v) is 4.67. The van der Waals surface area contributed by atoms with Gasteiger partial charge in [0.1, 0.15) is 18.0 Å². The summed E-state index contributed by atoms with van der Waals surface area (Å²) in [5.41, 5.74) is 0. The maximum absolute atomic E-state index is 12.7. The van der Waals surface area contributed by atoms with Crippen LogP contribution in [0.4, 0.5) is 0 Å². The van der Waals surface area contributed by atoms with Gasteiger partial charge in [0.15, 0.2) is 4.90 Å². The van der Waals surface area contributed by atoms with Gasteiger partial charge in [0.25, 0.3) is 10.0 Å². The largest absolute Gasteiger partial charge is 0.495 e. The van der Waals surface area contributed by atoms with Gasteiger partial charge in [-0.2, -0.15) is 4.31 Å². The SMILES string of the molecule is CCCN(CC(=O)O)S(=O)(=O)c1c(OC)cccc1OC. The Morgan fingerprint density at radius 1 is 1.24 bits per heavy atom. The predicted octanol–water partition coefficient (Wildman–Crippen LogP) is 1.19. The molecular formula is C13H19NO6S. The third-order valence-electron chi connectivity index (χ3n) is 2.77. The van der Waals surface area contributed by atoms with E-state index in [1.165, 1.54) is 26.4 Å². The maximum Gasteiger partial charge on any atom is 0.318 e. The number of sulfonamides is 1. The number of methoxy groups -OCH3 is 2. The van der Waals surface area contributed by atoms with Crippen molar-refractivity contribution in [1.29, 1.82) is 0 Å². The molecular weight excluding hydrogens is 298 g/mol. The molecule has 0 unspecified atom stereocenters. The monoisotopic (exact) mass is 317 g/mol. The van der Waals surface area contributed by atoms with Crippen LogP contribution in [-0.2, 0) is 14.8 Å². The van der Waals surface area contributed by atoms with E-state index in [1.54, 1.807) is 13.0 Å². The summed E-state index contributed by atoms with van der Waals surface area (Å²) in [7, 11) is -1.36. The summed E-state index contributed by atoms with van der Waals surface area (Å²) in [5.74, 6) is -0.998. The van der Waals surface area contributed by atoms with Gasteiger partial charge in [-0.1, -0.05) is 13.0 Å². The van der Waals surface area contributed by atoms with Crippen LogP contribution in [0.1, 0.15) is 13.3 Å². The van der Waals surface area contributed by atoms with Crippen LogP contribution in [0.15, 0.2) is 23.1 Å². The fourth-order valence-electron chi connectivity index (χ4n) is 1.89. The molecule has 0 saturated heterocycles. The number of aliphatic carboxylic acids is 1. The second kappa shape index (κ2) is 7.28. The third kappa shape index (κ3) is 3.85. The fourth-order valence-corrected chi connectivity index (χ4v) is 3.66. The topological polar surface area (TPSA) is 93.1 Å². The molecule has 8 heteroatoms. The second-order valence-electron chi connectivity index (χ2n) is 4.22. The van der Waals surface area contributed by atoms with Crippen LogP contribution in [0.3, 0.4) is 0 Å². The summed E-state index contributed by atoms with van der Waals surface area (Å²) >= 11 is 0. The summed E-state index contributed by atoms with van der Waals surface area (Å²) < 4.78 is 36.5. The Balaban J connectivity index is 3.43. The molecule has 0 amide bonds. The molecule has 0 aliphatic carbocycles. The van der Waals surface area contributed by atoms with E-state index in [-0.39, 0.29) is 22.9 Å². The van der Waals surface area contributed by atoms with Crippen LogP contribution < -0.4 is 9.47 Å². The molecule has 21 heavy (non-hydrogen) atoms. The summed E-state index contributed by atoms with van der Waals surface area (Å²) in [6, 6.07) is 4.57. The van der Waals surface area contributed by atoms with Crippen molar-refractivity contribution in [1.82, 2.24) is 4.31 Å². The van der Waals surface area contributed by atoms with Gasteiger partial charge in [-0.15, -0.1) is 0 Å². The van der Waals surface area contributed by atoms with E-state index < -0.39 is 22.5 Å². The van der Waals surface area contributed by atoms with E-state index >= 15 is 0 Å². The molecule has 0 saturated carbocycles. The Morgan fingerprint density at radius 2 is 1.76 bits per heavy atom. The van der Waals surface area contributed by atoms with Gasteiger partial charge >= 0.3 is 5.97 Å². The lowest BCUT2D eigenvalue weighted by molar-refractivity contribution is -0.137. The normalized spacial score (nSPS) is 11.4. The van der Waals surface area contributed by atoms with Gasteiger partial charge in [-0.05, 0) is 18.6 Å². The molecule has 0 aromatic heterocycles. The Kier molecular flexibility index (Phi) is 5.98. The smallest absolute Gasteiger partial charge is 0.318 e. The lowest BCUT2D eigenvalue weighted by Gasteiger charge is -2.22. The first kappa shape index (κ1) is 17.3. The summed E-state index contributed by atoms with van der Waals surface area (Å²) in [4.78, 5) is 10.7. The minimum absolute atomic E-state index is 0.0931. The first-order chi connectivity index (χ1) is 9.88. The molecule has 1 aromatic carbocycles. The highest BCUT2D eigenvalue weighted by Crippen LogP contribution is 2.35. The minimum atomic E-state index is -4.04. The molecule has 0 heterocycles. The summed E-state index contributed by atoms with van der Waals surface area (Å²) in [6.45, 7) is 1.25. The Morgan fingerprint density at radius 3 is 2.14 bits per heavy atom. The van der Waals surface area contributed by atoms with Crippen LogP contribution in [-0.4, -0.2) is 51.1 Å². The average Bonchev–Trinajstić information content (AvgIpc) is 2.45. The van der Waals surface area contributed by atoms with Crippen molar-refractivity contribution in [3.63, 3.8) is 0 Å². The zero-order valence-electron chi connectivity index (χ0n) is 12.2. The lowest BCUT2D eigenvalue weighted by Crippen LogP contribution is -2.36. The predicted molar refractivity (Wildman–Crippen MR) is 76.2 cm³/mol. The number of benzene rings is 1. The molecule has 0 bridgehead atoms. The molecule has 118 valence electrons. The number of rotatable bonds is 8. The van der Waals surface area contributed by atoms with Gasteiger partial charge in [0.05, 0.1) is 14.2 Å². The van der Waals surface area contributed by atoms with E-state index in [9.17, 15) is 13.2 Å². The number of ether oxygens (including phenoxy) is 2. The highest BCUT2D eigenvalue weighted by molar-refractivity contribution is 7.89. The van der Waals surface area contributed by atoms with Crippen molar-refractivity contribution in [2.24, 2.45) is 0 Å². The van der Waals surface area contributed by atoms with Crippen LogP contribution in [0.2, 0.25) is 0 Å². The minimum Gasteiger partial charge on any atom is -0.495 e. The van der Waals surface area contributed by atoms with Crippen molar-refractivity contribution < 1.29 is 27.8 Å². The van der Waals surface area contributed by atoms with Gasteiger partial charge in [-0.3, -0.25) is 4.79 Å².